The van der Waals surface area contributed by atoms with E-state index in [0.29, 0.717) is 12.5 Å². The van der Waals surface area contributed by atoms with Crippen LogP contribution in [0.5, 0.6) is 0 Å². The fourth-order valence-electron chi connectivity index (χ4n) is 2.02. The van der Waals surface area contributed by atoms with Gasteiger partial charge in [0.1, 0.15) is 0 Å². The maximum atomic E-state index is 9.08. The second kappa shape index (κ2) is 6.20. The average molecular weight is 198 g/mol. The molecule has 0 spiro atoms. The van der Waals surface area contributed by atoms with E-state index in [1.165, 1.54) is 43.3 Å². The normalized spacial score (nSPS) is 20.4. The largest absolute Gasteiger partial charge is 0.395 e. The van der Waals surface area contributed by atoms with Gasteiger partial charge in [-0.2, -0.15) is 0 Å². The van der Waals surface area contributed by atoms with Gasteiger partial charge in [-0.15, -0.1) is 0 Å². The topological polar surface area (TPSA) is 29.5 Å². The van der Waals surface area contributed by atoms with E-state index in [1.54, 1.807) is 7.11 Å². The molecule has 1 aliphatic carbocycles. The minimum atomic E-state index is 0.280. The van der Waals surface area contributed by atoms with Gasteiger partial charge in [0.15, 0.2) is 0 Å². The molecule has 1 unspecified atom stereocenters. The smallest absolute Gasteiger partial charge is 0.0682 e. The zero-order valence-corrected chi connectivity index (χ0v) is 9.38. The maximum Gasteiger partial charge on any atom is 0.0682 e. The maximum absolute atomic E-state index is 9.08. The first kappa shape index (κ1) is 11.7. The lowest BCUT2D eigenvalue weighted by Crippen LogP contribution is -1.94. The highest BCUT2D eigenvalue weighted by Gasteiger charge is 2.34. The summed E-state index contributed by atoms with van der Waals surface area (Å²) in [6, 6.07) is 0. The van der Waals surface area contributed by atoms with E-state index in [4.69, 9.17) is 9.84 Å². The minimum Gasteiger partial charge on any atom is -0.395 e. The molecule has 0 saturated heterocycles. The van der Waals surface area contributed by atoms with E-state index in [2.05, 4.69) is 6.92 Å². The van der Waals surface area contributed by atoms with Crippen LogP contribution >= 0.6 is 0 Å². The highest BCUT2D eigenvalue weighted by atomic mass is 16.5. The minimum absolute atomic E-state index is 0.280. The van der Waals surface area contributed by atoms with E-state index < -0.39 is 0 Å². The average Bonchev–Trinajstić information content (AvgIpc) is 2.86. The van der Waals surface area contributed by atoms with E-state index in [9.17, 15) is 0 Å². The highest BCUT2D eigenvalue weighted by Crippen LogP contribution is 2.42. The first-order chi connectivity index (χ1) is 6.85. The van der Waals surface area contributed by atoms with Crippen LogP contribution in [0.1, 0.15) is 39.0 Å². The molecule has 1 rings (SSSR count). The Morgan fingerprint density at radius 2 is 2.00 bits per heavy atom. The Bertz CT molecular complexity index is 196. The molecule has 0 heterocycles. The van der Waals surface area contributed by atoms with Crippen molar-refractivity contribution in [1.82, 2.24) is 0 Å². The molecule has 0 bridgehead atoms. The van der Waals surface area contributed by atoms with Gasteiger partial charge < -0.3 is 9.84 Å². The molecule has 0 aromatic carbocycles. The third-order valence-corrected chi connectivity index (χ3v) is 2.95. The lowest BCUT2D eigenvalue weighted by molar-refractivity contribution is 0.217. The number of ether oxygens (including phenoxy) is 1. The predicted octanol–water partition coefficient (Wildman–Crippen LogP) is 2.52. The Morgan fingerprint density at radius 3 is 2.57 bits per heavy atom. The number of hydrogen-bond acceptors (Lipinski definition) is 2. The summed E-state index contributed by atoms with van der Waals surface area (Å²) >= 11 is 0. The van der Waals surface area contributed by atoms with Crippen LogP contribution in [0.3, 0.4) is 0 Å². The summed E-state index contributed by atoms with van der Waals surface area (Å²) in [4.78, 5) is 0. The Hall–Kier alpha value is -0.340. The van der Waals surface area contributed by atoms with E-state index in [0.717, 1.165) is 0 Å². The molecular weight excluding hydrogens is 176 g/mol. The number of rotatable bonds is 8. The van der Waals surface area contributed by atoms with Gasteiger partial charge in [-0.25, -0.2) is 0 Å². The van der Waals surface area contributed by atoms with Gasteiger partial charge in [0.2, 0.25) is 0 Å². The summed E-state index contributed by atoms with van der Waals surface area (Å²) in [6.07, 6.45) is 6.37. The summed E-state index contributed by atoms with van der Waals surface area (Å²) in [5, 5.41) is 9.08. The fourth-order valence-corrected chi connectivity index (χ4v) is 2.02. The Morgan fingerprint density at radius 1 is 1.21 bits per heavy atom. The van der Waals surface area contributed by atoms with Crippen LogP contribution in [0.2, 0.25) is 0 Å². The summed E-state index contributed by atoms with van der Waals surface area (Å²) < 4.78 is 5.09. The fraction of sp³-hybridized carbons (Fsp3) is 0.833. The lowest BCUT2D eigenvalue weighted by atomic mass is 10.1. The van der Waals surface area contributed by atoms with Crippen LogP contribution in [-0.4, -0.2) is 25.4 Å². The van der Waals surface area contributed by atoms with Crippen LogP contribution in [0, 0.1) is 5.92 Å². The van der Waals surface area contributed by atoms with E-state index in [-0.39, 0.29) is 6.61 Å². The van der Waals surface area contributed by atoms with Crippen molar-refractivity contribution in [2.45, 2.75) is 39.0 Å². The third-order valence-electron chi connectivity index (χ3n) is 2.95. The standard InChI is InChI=1S/C12H22O2/c1-3-4-5-6-7-10-11(8-13)12(10)9-14-2/h11,13H,3-9H2,1-2H3. The van der Waals surface area contributed by atoms with Crippen molar-refractivity contribution >= 4 is 0 Å². The van der Waals surface area contributed by atoms with Gasteiger partial charge >= 0.3 is 0 Å². The van der Waals surface area contributed by atoms with Gasteiger partial charge in [0, 0.05) is 13.0 Å². The molecule has 0 fully saturated rings. The number of aliphatic hydroxyl groups excluding tert-OH is 1. The van der Waals surface area contributed by atoms with Gasteiger partial charge in [-0.05, 0) is 18.4 Å². The van der Waals surface area contributed by atoms with Crippen LogP contribution in [0.4, 0.5) is 0 Å². The molecule has 0 amide bonds. The summed E-state index contributed by atoms with van der Waals surface area (Å²) in [6.45, 7) is 3.22. The van der Waals surface area contributed by atoms with E-state index >= 15 is 0 Å². The molecule has 0 aromatic rings. The van der Waals surface area contributed by atoms with Gasteiger partial charge in [0.25, 0.3) is 0 Å². The van der Waals surface area contributed by atoms with Crippen molar-refractivity contribution in [3.8, 4) is 0 Å². The van der Waals surface area contributed by atoms with Crippen LogP contribution in [0.25, 0.3) is 0 Å². The van der Waals surface area contributed by atoms with Crippen molar-refractivity contribution in [2.24, 2.45) is 5.92 Å². The molecule has 0 aliphatic heterocycles. The molecule has 1 aliphatic rings. The van der Waals surface area contributed by atoms with Crippen LogP contribution in [0.15, 0.2) is 11.1 Å². The Balaban J connectivity index is 2.16. The molecule has 0 radical (unpaired) electrons. The lowest BCUT2D eigenvalue weighted by Gasteiger charge is -1.96. The molecular formula is C12H22O2. The van der Waals surface area contributed by atoms with Gasteiger partial charge in [-0.3, -0.25) is 0 Å². The Labute approximate surface area is 87.0 Å². The van der Waals surface area contributed by atoms with Crippen molar-refractivity contribution in [3.63, 3.8) is 0 Å². The van der Waals surface area contributed by atoms with Crippen molar-refractivity contribution in [3.05, 3.63) is 11.1 Å². The molecule has 0 saturated carbocycles. The SMILES string of the molecule is CCCCCCC1=C(COC)C1CO. The first-order valence-corrected chi connectivity index (χ1v) is 5.66. The number of hydrogen-bond donors (Lipinski definition) is 1. The van der Waals surface area contributed by atoms with Crippen molar-refractivity contribution in [1.29, 1.82) is 0 Å². The molecule has 82 valence electrons. The first-order valence-electron chi connectivity index (χ1n) is 5.66. The number of aliphatic hydroxyl groups is 1. The van der Waals surface area contributed by atoms with Crippen LogP contribution in [-0.2, 0) is 4.74 Å². The zero-order valence-electron chi connectivity index (χ0n) is 9.38. The molecule has 2 nitrogen and oxygen atoms in total. The second-order valence-electron chi connectivity index (χ2n) is 4.03. The third kappa shape index (κ3) is 3.10. The quantitative estimate of drug-likeness (QED) is 0.479. The molecule has 1 atom stereocenters. The second-order valence-corrected chi connectivity index (χ2v) is 4.03. The monoisotopic (exact) mass is 198 g/mol. The highest BCUT2D eigenvalue weighted by molar-refractivity contribution is 5.41. The molecule has 1 N–H and O–H groups in total. The van der Waals surface area contributed by atoms with Gasteiger partial charge in [-0.1, -0.05) is 31.8 Å². The van der Waals surface area contributed by atoms with E-state index in [1.807, 2.05) is 0 Å². The summed E-state index contributed by atoms with van der Waals surface area (Å²) in [5.74, 6) is 0.372. The Kier molecular flexibility index (Phi) is 5.20. The van der Waals surface area contributed by atoms with Crippen LogP contribution < -0.4 is 0 Å². The predicted molar refractivity (Wildman–Crippen MR) is 58.2 cm³/mol. The van der Waals surface area contributed by atoms with Crippen molar-refractivity contribution in [2.75, 3.05) is 20.3 Å². The zero-order chi connectivity index (χ0) is 10.4. The summed E-state index contributed by atoms with van der Waals surface area (Å²) in [5.41, 5.74) is 2.82. The molecule has 2 heteroatoms. The number of methoxy groups -OCH3 is 1. The van der Waals surface area contributed by atoms with Gasteiger partial charge in [0.05, 0.1) is 13.2 Å². The summed E-state index contributed by atoms with van der Waals surface area (Å²) in [7, 11) is 1.72. The molecule has 0 aromatic heterocycles. The molecule has 14 heavy (non-hydrogen) atoms. The van der Waals surface area contributed by atoms with Crippen molar-refractivity contribution < 1.29 is 9.84 Å². The number of unbranched alkanes of at least 4 members (excludes halogenated alkanes) is 3.